The van der Waals surface area contributed by atoms with Gasteiger partial charge in [-0.2, -0.15) is 0 Å². The van der Waals surface area contributed by atoms with Crippen LogP contribution in [0.15, 0.2) is 30.3 Å². The molecule has 0 bridgehead atoms. The molecule has 0 aromatic heterocycles. The Morgan fingerprint density at radius 1 is 1.16 bits per heavy atom. The smallest absolute Gasteiger partial charge is 0.338 e. The number of ether oxygens (including phenoxy) is 1. The number of unbranched alkanes of at least 4 members (excludes halogenated alkanes) is 1. The van der Waals surface area contributed by atoms with Crippen LogP contribution in [0.2, 0.25) is 0 Å². The van der Waals surface area contributed by atoms with Crippen molar-refractivity contribution in [2.75, 3.05) is 7.11 Å². The van der Waals surface area contributed by atoms with Gasteiger partial charge in [0.25, 0.3) is 0 Å². The van der Waals surface area contributed by atoms with Gasteiger partial charge in [-0.05, 0) is 42.5 Å². The second kappa shape index (κ2) is 5.87. The molecule has 0 N–H and O–H groups in total. The summed E-state index contributed by atoms with van der Waals surface area (Å²) in [6.45, 7) is 4.24. The summed E-state index contributed by atoms with van der Waals surface area (Å²) in [6, 6.07) is 10.3. The molecule has 0 aromatic carbocycles. The summed E-state index contributed by atoms with van der Waals surface area (Å²) in [5.74, 6) is -0.253. The normalized spacial score (nSPS) is 10.7. The lowest BCUT2D eigenvalue weighted by Gasteiger charge is -2.00. The van der Waals surface area contributed by atoms with Crippen LogP contribution in [0.4, 0.5) is 0 Å². The van der Waals surface area contributed by atoms with Gasteiger partial charge in [0.1, 0.15) is 0 Å². The number of hydrogen-bond donors (Lipinski definition) is 0. The quantitative estimate of drug-likeness (QED) is 0.765. The monoisotopic (exact) mass is 256 g/mol. The molecule has 0 atom stereocenters. The van der Waals surface area contributed by atoms with E-state index in [4.69, 9.17) is 4.74 Å². The van der Waals surface area contributed by atoms with Crippen LogP contribution < -0.4 is 0 Å². The zero-order valence-electron chi connectivity index (χ0n) is 11.8. The summed E-state index contributed by atoms with van der Waals surface area (Å²) in [5, 5.41) is 0. The van der Waals surface area contributed by atoms with Gasteiger partial charge in [0, 0.05) is 0 Å². The molecule has 0 heterocycles. The summed E-state index contributed by atoms with van der Waals surface area (Å²) in [7, 11) is 1.43. The molecule has 0 saturated heterocycles. The van der Waals surface area contributed by atoms with Crippen LogP contribution in [0.25, 0.3) is 11.1 Å². The summed E-state index contributed by atoms with van der Waals surface area (Å²) < 4.78 is 4.88. The maximum absolute atomic E-state index is 11.9. The van der Waals surface area contributed by atoms with Gasteiger partial charge >= 0.3 is 5.97 Å². The van der Waals surface area contributed by atoms with Crippen molar-refractivity contribution in [1.82, 2.24) is 0 Å². The molecule has 2 heteroatoms. The molecule has 0 aliphatic heterocycles. The molecule has 2 aliphatic carbocycles. The van der Waals surface area contributed by atoms with Gasteiger partial charge in [-0.1, -0.05) is 43.2 Å². The van der Waals surface area contributed by atoms with Crippen LogP contribution >= 0.6 is 0 Å². The number of carbonyl (C=O) groups is 1. The Balaban J connectivity index is 2.55. The van der Waals surface area contributed by atoms with Crippen LogP contribution in [-0.2, 0) is 11.2 Å². The third kappa shape index (κ3) is 2.78. The fourth-order valence-corrected chi connectivity index (χ4v) is 2.36. The summed E-state index contributed by atoms with van der Waals surface area (Å²) in [6.07, 6.45) is 3.29. The van der Waals surface area contributed by atoms with Gasteiger partial charge < -0.3 is 4.74 Å². The Bertz CT molecular complexity index is 558. The maximum atomic E-state index is 11.9. The fraction of sp³-hybridized carbons (Fsp3) is 0.353. The van der Waals surface area contributed by atoms with E-state index in [1.807, 2.05) is 18.2 Å². The molecule has 100 valence electrons. The predicted octanol–water partition coefficient (Wildman–Crippen LogP) is 4.23. The number of esters is 1. The highest BCUT2D eigenvalue weighted by molar-refractivity contribution is 6.00. The van der Waals surface area contributed by atoms with Gasteiger partial charge in [-0.15, -0.1) is 0 Å². The summed E-state index contributed by atoms with van der Waals surface area (Å²) in [5.41, 5.74) is 5.27. The molecule has 19 heavy (non-hydrogen) atoms. The number of methoxy groups -OCH3 is 1. The van der Waals surface area contributed by atoms with Crippen molar-refractivity contribution < 1.29 is 9.53 Å². The summed E-state index contributed by atoms with van der Waals surface area (Å²) in [4.78, 5) is 11.9. The first-order chi connectivity index (χ1) is 9.17. The summed E-state index contributed by atoms with van der Waals surface area (Å²) >= 11 is 0. The maximum Gasteiger partial charge on any atom is 0.338 e. The molecule has 0 amide bonds. The average molecular weight is 256 g/mol. The standard InChI is InChI=1S/C17H20O2/c1-4-5-6-13-11-16(17(18)19-3)15-10-8-12(2)7-9-14(13)15/h7-11H,4-6H2,1-3H3. The van der Waals surface area contributed by atoms with Crippen LogP contribution in [0.1, 0.15) is 41.3 Å². The van der Waals surface area contributed by atoms with E-state index >= 15 is 0 Å². The highest BCUT2D eigenvalue weighted by Gasteiger charge is 2.19. The van der Waals surface area contributed by atoms with E-state index in [-0.39, 0.29) is 5.97 Å². The average Bonchev–Trinajstić information content (AvgIpc) is 2.65. The molecule has 2 nitrogen and oxygen atoms in total. The van der Waals surface area contributed by atoms with E-state index in [1.54, 1.807) is 0 Å². The topological polar surface area (TPSA) is 26.3 Å². The molecule has 2 aliphatic rings. The van der Waals surface area contributed by atoms with Crippen molar-refractivity contribution in [3.8, 4) is 11.1 Å². The number of fused-ring (bicyclic) bond motifs is 1. The lowest BCUT2D eigenvalue weighted by molar-refractivity contribution is 0.0602. The van der Waals surface area contributed by atoms with Gasteiger partial charge in [0.05, 0.1) is 12.7 Å². The van der Waals surface area contributed by atoms with Crippen molar-refractivity contribution in [2.45, 2.75) is 33.1 Å². The second-order valence-corrected chi connectivity index (χ2v) is 4.92. The van der Waals surface area contributed by atoms with Crippen LogP contribution in [0, 0.1) is 6.92 Å². The van der Waals surface area contributed by atoms with E-state index in [0.29, 0.717) is 5.56 Å². The van der Waals surface area contributed by atoms with E-state index in [9.17, 15) is 4.79 Å². The van der Waals surface area contributed by atoms with Crippen molar-refractivity contribution in [1.29, 1.82) is 0 Å². The minimum absolute atomic E-state index is 0.253. The van der Waals surface area contributed by atoms with E-state index in [0.717, 1.165) is 24.8 Å². The minimum atomic E-state index is -0.253. The predicted molar refractivity (Wildman–Crippen MR) is 77.8 cm³/mol. The van der Waals surface area contributed by atoms with Crippen LogP contribution in [0.3, 0.4) is 0 Å². The minimum Gasteiger partial charge on any atom is -0.465 e. The Morgan fingerprint density at radius 3 is 2.47 bits per heavy atom. The van der Waals surface area contributed by atoms with E-state index in [2.05, 4.69) is 26.0 Å². The number of carbonyl (C=O) groups excluding carboxylic acids is 1. The highest BCUT2D eigenvalue weighted by Crippen LogP contribution is 2.33. The second-order valence-electron chi connectivity index (χ2n) is 4.92. The molecule has 0 saturated carbocycles. The van der Waals surface area contributed by atoms with E-state index < -0.39 is 0 Å². The van der Waals surface area contributed by atoms with Gasteiger partial charge in [-0.25, -0.2) is 4.79 Å². The Kier molecular flexibility index (Phi) is 4.20. The number of hydrogen-bond acceptors (Lipinski definition) is 2. The molecular formula is C17H20O2. The van der Waals surface area contributed by atoms with Crippen molar-refractivity contribution in [3.05, 3.63) is 47.0 Å². The molecule has 0 spiro atoms. The van der Waals surface area contributed by atoms with Crippen LogP contribution in [-0.4, -0.2) is 13.1 Å². The van der Waals surface area contributed by atoms with Gasteiger partial charge in [-0.3, -0.25) is 0 Å². The highest BCUT2D eigenvalue weighted by atomic mass is 16.5. The Morgan fingerprint density at radius 2 is 1.84 bits per heavy atom. The van der Waals surface area contributed by atoms with Crippen LogP contribution in [0.5, 0.6) is 0 Å². The third-order valence-corrected chi connectivity index (χ3v) is 3.48. The third-order valence-electron chi connectivity index (χ3n) is 3.48. The first kappa shape index (κ1) is 13.6. The first-order valence-corrected chi connectivity index (χ1v) is 6.78. The Hall–Kier alpha value is -1.83. The lowest BCUT2D eigenvalue weighted by atomic mass is 10.0. The molecule has 0 unspecified atom stereocenters. The van der Waals surface area contributed by atoms with Crippen molar-refractivity contribution >= 4 is 5.97 Å². The van der Waals surface area contributed by atoms with Crippen molar-refractivity contribution in [2.24, 2.45) is 0 Å². The molecular weight excluding hydrogens is 236 g/mol. The molecule has 0 aromatic rings. The zero-order chi connectivity index (χ0) is 13.8. The molecule has 2 rings (SSSR count). The van der Waals surface area contributed by atoms with Gasteiger partial charge in [0.15, 0.2) is 0 Å². The zero-order valence-corrected chi connectivity index (χ0v) is 11.8. The Labute approximate surface area is 114 Å². The number of rotatable bonds is 4. The first-order valence-electron chi connectivity index (χ1n) is 6.78. The molecule has 0 radical (unpaired) electrons. The van der Waals surface area contributed by atoms with Gasteiger partial charge in [0.2, 0.25) is 0 Å². The lowest BCUT2D eigenvalue weighted by Crippen LogP contribution is -1.99. The SMILES string of the molecule is CCCCc1cc(C(=O)OC)c2ccc(C)ccc1-2. The fourth-order valence-electron chi connectivity index (χ4n) is 2.36. The van der Waals surface area contributed by atoms with Crippen molar-refractivity contribution in [3.63, 3.8) is 0 Å². The molecule has 0 fully saturated rings. The largest absolute Gasteiger partial charge is 0.465 e. The number of aryl methyl sites for hydroxylation is 2. The van der Waals surface area contributed by atoms with E-state index in [1.165, 1.54) is 23.8 Å².